The third-order valence-electron chi connectivity index (χ3n) is 2.96. The summed E-state index contributed by atoms with van der Waals surface area (Å²) in [5.41, 5.74) is 7.93. The lowest BCUT2D eigenvalue weighted by molar-refractivity contribution is -0.115. The van der Waals surface area contributed by atoms with Crippen LogP contribution < -0.4 is 11.1 Å². The summed E-state index contributed by atoms with van der Waals surface area (Å²) >= 11 is 0. The van der Waals surface area contributed by atoms with E-state index < -0.39 is 0 Å². The second-order valence-electron chi connectivity index (χ2n) is 4.57. The molecule has 0 radical (unpaired) electrons. The van der Waals surface area contributed by atoms with Gasteiger partial charge in [0, 0.05) is 17.3 Å². The monoisotopic (exact) mass is 279 g/mol. The highest BCUT2D eigenvalue weighted by Crippen LogP contribution is 2.16. The number of nitrogen functional groups attached to an aromatic ring is 1. The van der Waals surface area contributed by atoms with Crippen LogP contribution in [0.15, 0.2) is 48.9 Å². The number of hydrogen-bond acceptors (Lipinski definition) is 5. The lowest BCUT2D eigenvalue weighted by Crippen LogP contribution is -2.16. The quantitative estimate of drug-likeness (QED) is 0.713. The second-order valence-corrected chi connectivity index (χ2v) is 4.57. The van der Waals surface area contributed by atoms with Crippen LogP contribution in [0.4, 0.5) is 11.5 Å². The van der Waals surface area contributed by atoms with Crippen LogP contribution in [0.1, 0.15) is 5.69 Å². The number of amides is 1. The number of nitrogens with one attached hydrogen (secondary N) is 1. The molecule has 0 atom stereocenters. The number of fused-ring (bicyclic) bond motifs is 1. The van der Waals surface area contributed by atoms with E-state index in [0.717, 1.165) is 10.9 Å². The first-order valence-electron chi connectivity index (χ1n) is 6.42. The van der Waals surface area contributed by atoms with Crippen molar-refractivity contribution < 1.29 is 4.79 Å². The molecule has 3 rings (SSSR count). The zero-order chi connectivity index (χ0) is 14.7. The van der Waals surface area contributed by atoms with Crippen molar-refractivity contribution in [1.29, 1.82) is 0 Å². The molecule has 104 valence electrons. The first-order valence-corrected chi connectivity index (χ1v) is 6.42. The number of carbonyl (C=O) groups is 1. The molecular weight excluding hydrogens is 266 g/mol. The Kier molecular flexibility index (Phi) is 3.42. The van der Waals surface area contributed by atoms with E-state index in [0.29, 0.717) is 17.2 Å². The molecule has 0 bridgehead atoms. The zero-order valence-corrected chi connectivity index (χ0v) is 11.2. The molecule has 1 amide bonds. The second kappa shape index (κ2) is 5.54. The predicted octanol–water partition coefficient (Wildman–Crippen LogP) is 1.79. The topological polar surface area (TPSA) is 93.8 Å². The van der Waals surface area contributed by atoms with E-state index in [2.05, 4.69) is 20.3 Å². The number of carbonyl (C=O) groups excluding carboxylic acids is 1. The van der Waals surface area contributed by atoms with E-state index in [-0.39, 0.29) is 12.3 Å². The van der Waals surface area contributed by atoms with Crippen LogP contribution in [0.2, 0.25) is 0 Å². The van der Waals surface area contributed by atoms with E-state index >= 15 is 0 Å². The smallest absolute Gasteiger partial charge is 0.231 e. The first kappa shape index (κ1) is 13.0. The zero-order valence-electron chi connectivity index (χ0n) is 11.2. The lowest BCUT2D eigenvalue weighted by Gasteiger charge is -2.05. The number of pyridine rings is 1. The Labute approximate surface area is 121 Å². The number of hydrogen-bond donors (Lipinski definition) is 2. The molecule has 0 aliphatic carbocycles. The summed E-state index contributed by atoms with van der Waals surface area (Å²) in [4.78, 5) is 24.1. The third kappa shape index (κ3) is 3.11. The maximum atomic E-state index is 11.9. The summed E-state index contributed by atoms with van der Waals surface area (Å²) in [7, 11) is 0. The lowest BCUT2D eigenvalue weighted by atomic mass is 10.1. The van der Waals surface area contributed by atoms with Crippen LogP contribution in [-0.4, -0.2) is 20.9 Å². The predicted molar refractivity (Wildman–Crippen MR) is 80.5 cm³/mol. The Hall–Kier alpha value is -3.02. The number of rotatable bonds is 3. The van der Waals surface area contributed by atoms with E-state index in [1.807, 2.05) is 24.3 Å². The average molecular weight is 279 g/mol. The Morgan fingerprint density at radius 2 is 2.10 bits per heavy atom. The average Bonchev–Trinajstić information content (AvgIpc) is 2.48. The van der Waals surface area contributed by atoms with Gasteiger partial charge in [0.1, 0.15) is 12.1 Å². The highest BCUT2D eigenvalue weighted by molar-refractivity contribution is 5.91. The van der Waals surface area contributed by atoms with Crippen LogP contribution in [0, 0.1) is 0 Å². The highest BCUT2D eigenvalue weighted by Gasteiger charge is 2.07. The third-order valence-corrected chi connectivity index (χ3v) is 2.96. The van der Waals surface area contributed by atoms with Crippen LogP contribution >= 0.6 is 0 Å². The molecule has 0 fully saturated rings. The van der Waals surface area contributed by atoms with Crippen LogP contribution in [-0.2, 0) is 11.2 Å². The van der Waals surface area contributed by atoms with Crippen molar-refractivity contribution in [2.45, 2.75) is 6.42 Å². The van der Waals surface area contributed by atoms with Gasteiger partial charge in [0.15, 0.2) is 0 Å². The molecule has 0 saturated carbocycles. The van der Waals surface area contributed by atoms with Crippen LogP contribution in [0.3, 0.4) is 0 Å². The molecule has 6 heteroatoms. The van der Waals surface area contributed by atoms with Crippen molar-refractivity contribution in [2.24, 2.45) is 0 Å². The van der Waals surface area contributed by atoms with E-state index in [1.54, 1.807) is 18.3 Å². The van der Waals surface area contributed by atoms with Crippen molar-refractivity contribution >= 4 is 28.3 Å². The molecule has 0 unspecified atom stereocenters. The molecule has 0 saturated heterocycles. The molecule has 3 N–H and O–H groups in total. The van der Waals surface area contributed by atoms with Gasteiger partial charge in [-0.05, 0) is 30.3 Å². The van der Waals surface area contributed by atoms with Gasteiger partial charge in [0.25, 0.3) is 0 Å². The van der Waals surface area contributed by atoms with Crippen LogP contribution in [0.25, 0.3) is 10.9 Å². The number of aromatic nitrogens is 3. The fourth-order valence-corrected chi connectivity index (χ4v) is 2.00. The summed E-state index contributed by atoms with van der Waals surface area (Å²) in [6, 6.07) is 10.9. The number of nitrogens with two attached hydrogens (primary N) is 1. The summed E-state index contributed by atoms with van der Waals surface area (Å²) in [5, 5.41) is 3.65. The van der Waals surface area contributed by atoms with Gasteiger partial charge >= 0.3 is 0 Å². The van der Waals surface area contributed by atoms with Gasteiger partial charge in [-0.15, -0.1) is 0 Å². The Bertz CT molecular complexity index is 788. The Balaban J connectivity index is 1.75. The summed E-state index contributed by atoms with van der Waals surface area (Å²) < 4.78 is 0. The minimum Gasteiger partial charge on any atom is -0.399 e. The van der Waals surface area contributed by atoms with Gasteiger partial charge in [-0.2, -0.15) is 0 Å². The Morgan fingerprint density at radius 3 is 2.90 bits per heavy atom. The summed E-state index contributed by atoms with van der Waals surface area (Å²) in [6.45, 7) is 0. The van der Waals surface area contributed by atoms with E-state index in [4.69, 9.17) is 5.73 Å². The van der Waals surface area contributed by atoms with Gasteiger partial charge < -0.3 is 11.1 Å². The van der Waals surface area contributed by atoms with Crippen molar-refractivity contribution in [2.75, 3.05) is 11.1 Å². The molecule has 0 aliphatic heterocycles. The standard InChI is InChI=1S/C15H13N5O/c16-11-2-4-13-10(7-11)1-3-12(19-13)8-15(21)20-14-5-6-17-9-18-14/h1-7,9H,8,16H2,(H,17,18,20,21). The van der Waals surface area contributed by atoms with Gasteiger partial charge in [-0.25, -0.2) is 9.97 Å². The molecular formula is C15H13N5O. The minimum atomic E-state index is -0.170. The maximum absolute atomic E-state index is 11.9. The molecule has 6 nitrogen and oxygen atoms in total. The molecule has 3 aromatic rings. The molecule has 2 heterocycles. The minimum absolute atomic E-state index is 0.170. The highest BCUT2D eigenvalue weighted by atomic mass is 16.1. The summed E-state index contributed by atoms with van der Waals surface area (Å²) in [6.07, 6.45) is 3.14. The largest absolute Gasteiger partial charge is 0.399 e. The number of benzene rings is 1. The number of nitrogens with zero attached hydrogens (tertiary/aromatic N) is 3. The van der Waals surface area contributed by atoms with Crippen molar-refractivity contribution in [1.82, 2.24) is 15.0 Å². The molecule has 0 aliphatic rings. The number of anilines is 2. The fraction of sp³-hybridized carbons (Fsp3) is 0.0667. The maximum Gasteiger partial charge on any atom is 0.231 e. The van der Waals surface area contributed by atoms with Crippen molar-refractivity contribution in [3.05, 3.63) is 54.6 Å². The first-order chi connectivity index (χ1) is 10.2. The molecule has 1 aromatic carbocycles. The SMILES string of the molecule is Nc1ccc2nc(CC(=O)Nc3ccncn3)ccc2c1. The van der Waals surface area contributed by atoms with Crippen molar-refractivity contribution in [3.63, 3.8) is 0 Å². The summed E-state index contributed by atoms with van der Waals surface area (Å²) in [5.74, 6) is 0.305. The normalized spacial score (nSPS) is 10.5. The molecule has 21 heavy (non-hydrogen) atoms. The van der Waals surface area contributed by atoms with Crippen LogP contribution in [0.5, 0.6) is 0 Å². The van der Waals surface area contributed by atoms with E-state index in [1.165, 1.54) is 6.33 Å². The van der Waals surface area contributed by atoms with Gasteiger partial charge in [-0.1, -0.05) is 6.07 Å². The van der Waals surface area contributed by atoms with Gasteiger partial charge in [0.05, 0.1) is 17.6 Å². The molecule has 2 aromatic heterocycles. The fourth-order valence-electron chi connectivity index (χ4n) is 2.00. The van der Waals surface area contributed by atoms with Gasteiger partial charge in [-0.3, -0.25) is 9.78 Å². The van der Waals surface area contributed by atoms with Crippen molar-refractivity contribution in [3.8, 4) is 0 Å². The molecule has 0 spiro atoms. The van der Waals surface area contributed by atoms with E-state index in [9.17, 15) is 4.79 Å². The Morgan fingerprint density at radius 1 is 1.19 bits per heavy atom. The van der Waals surface area contributed by atoms with Gasteiger partial charge in [0.2, 0.25) is 5.91 Å².